The lowest BCUT2D eigenvalue weighted by atomic mass is 10.1. The highest BCUT2D eigenvalue weighted by atomic mass is 79.9. The summed E-state index contributed by atoms with van der Waals surface area (Å²) in [6.45, 7) is 3.75. The van der Waals surface area contributed by atoms with E-state index >= 15 is 0 Å². The zero-order chi connectivity index (χ0) is 17.0. The molecule has 23 heavy (non-hydrogen) atoms. The predicted molar refractivity (Wildman–Crippen MR) is 95.3 cm³/mol. The summed E-state index contributed by atoms with van der Waals surface area (Å²) in [6.07, 6.45) is 0.642. The third kappa shape index (κ3) is 4.34. The summed E-state index contributed by atoms with van der Waals surface area (Å²) in [4.78, 5) is 0.318. The zero-order valence-electron chi connectivity index (χ0n) is 13.3. The van der Waals surface area contributed by atoms with Gasteiger partial charge < -0.3 is 4.74 Å². The normalized spacial score (nSPS) is 12.9. The molecule has 0 amide bonds. The molecule has 0 fully saturated rings. The van der Waals surface area contributed by atoms with Crippen LogP contribution in [0.2, 0.25) is 0 Å². The molecule has 0 saturated heterocycles. The average molecular weight is 398 g/mol. The predicted octanol–water partition coefficient (Wildman–Crippen LogP) is 4.06. The summed E-state index contributed by atoms with van der Waals surface area (Å²) >= 11 is 3.38. The molecule has 124 valence electrons. The molecule has 0 saturated carbocycles. The second kappa shape index (κ2) is 7.47. The maximum Gasteiger partial charge on any atom is 0.241 e. The van der Waals surface area contributed by atoms with E-state index < -0.39 is 10.0 Å². The quantitative estimate of drug-likeness (QED) is 0.799. The summed E-state index contributed by atoms with van der Waals surface area (Å²) in [5, 5.41) is 0. The Labute approximate surface area is 146 Å². The molecule has 6 heteroatoms. The van der Waals surface area contributed by atoms with E-state index in [4.69, 9.17) is 4.74 Å². The molecule has 1 atom stereocenters. The van der Waals surface area contributed by atoms with E-state index in [1.807, 2.05) is 44.2 Å². The van der Waals surface area contributed by atoms with E-state index in [2.05, 4.69) is 20.7 Å². The molecule has 4 nitrogen and oxygen atoms in total. The second-order valence-electron chi connectivity index (χ2n) is 5.23. The Balaban J connectivity index is 2.30. The molecule has 2 rings (SSSR count). The summed E-state index contributed by atoms with van der Waals surface area (Å²) < 4.78 is 34.2. The number of benzene rings is 2. The fourth-order valence-corrected chi connectivity index (χ4v) is 4.29. The van der Waals surface area contributed by atoms with Crippen LogP contribution >= 0.6 is 15.9 Å². The van der Waals surface area contributed by atoms with Gasteiger partial charge in [-0.3, -0.25) is 0 Å². The molecule has 2 aromatic carbocycles. The Morgan fingerprint density at radius 1 is 1.22 bits per heavy atom. The monoisotopic (exact) mass is 397 g/mol. The first-order valence-electron chi connectivity index (χ1n) is 7.32. The Bertz CT molecular complexity index is 790. The molecular weight excluding hydrogens is 378 g/mol. The van der Waals surface area contributed by atoms with E-state index in [0.29, 0.717) is 17.1 Å². The van der Waals surface area contributed by atoms with E-state index in [1.165, 1.54) is 0 Å². The van der Waals surface area contributed by atoms with Gasteiger partial charge >= 0.3 is 0 Å². The highest BCUT2D eigenvalue weighted by Gasteiger charge is 2.21. The summed E-state index contributed by atoms with van der Waals surface area (Å²) in [7, 11) is -2.01. The van der Waals surface area contributed by atoms with Gasteiger partial charge in [-0.2, -0.15) is 0 Å². The van der Waals surface area contributed by atoms with E-state index in [0.717, 1.165) is 15.6 Å². The van der Waals surface area contributed by atoms with Crippen LogP contribution in [0.4, 0.5) is 0 Å². The fraction of sp³-hybridized carbons (Fsp3) is 0.294. The largest absolute Gasteiger partial charge is 0.497 e. The number of ether oxygens (including phenoxy) is 1. The highest BCUT2D eigenvalue weighted by Crippen LogP contribution is 2.24. The zero-order valence-corrected chi connectivity index (χ0v) is 15.7. The van der Waals surface area contributed by atoms with Crippen LogP contribution in [0.15, 0.2) is 51.8 Å². The van der Waals surface area contributed by atoms with Crippen molar-refractivity contribution in [3.63, 3.8) is 0 Å². The minimum absolute atomic E-state index is 0.318. The Morgan fingerprint density at radius 2 is 1.96 bits per heavy atom. The molecule has 0 heterocycles. The van der Waals surface area contributed by atoms with Crippen LogP contribution in [-0.4, -0.2) is 15.5 Å². The topological polar surface area (TPSA) is 55.4 Å². The van der Waals surface area contributed by atoms with Crippen molar-refractivity contribution >= 4 is 26.0 Å². The molecular formula is C17H20BrNO3S. The Kier molecular flexibility index (Phi) is 5.84. The van der Waals surface area contributed by atoms with Crippen LogP contribution in [0.3, 0.4) is 0 Å². The summed E-state index contributed by atoms with van der Waals surface area (Å²) in [5.41, 5.74) is 1.63. The van der Waals surface area contributed by atoms with Gasteiger partial charge in [-0.25, -0.2) is 13.1 Å². The number of rotatable bonds is 6. The molecule has 2 aromatic rings. The van der Waals surface area contributed by atoms with Gasteiger partial charge in [-0.15, -0.1) is 0 Å². The van der Waals surface area contributed by atoms with Crippen molar-refractivity contribution < 1.29 is 13.2 Å². The van der Waals surface area contributed by atoms with E-state index in [9.17, 15) is 8.42 Å². The Morgan fingerprint density at radius 3 is 2.61 bits per heavy atom. The first kappa shape index (κ1) is 18.0. The minimum Gasteiger partial charge on any atom is -0.497 e. The van der Waals surface area contributed by atoms with Crippen molar-refractivity contribution in [3.8, 4) is 5.75 Å². The van der Waals surface area contributed by atoms with Crippen molar-refractivity contribution in [1.82, 2.24) is 4.72 Å². The van der Waals surface area contributed by atoms with E-state index in [1.54, 1.807) is 19.2 Å². The third-order valence-electron chi connectivity index (χ3n) is 3.62. The lowest BCUT2D eigenvalue weighted by Gasteiger charge is -2.17. The number of hydrogen-bond donors (Lipinski definition) is 1. The van der Waals surface area contributed by atoms with Crippen molar-refractivity contribution in [2.45, 2.75) is 31.2 Å². The number of nitrogens with one attached hydrogen (secondary N) is 1. The smallest absolute Gasteiger partial charge is 0.241 e. The van der Waals surface area contributed by atoms with Gasteiger partial charge in [0.15, 0.2) is 0 Å². The lowest BCUT2D eigenvalue weighted by Crippen LogP contribution is -2.27. The SMILES string of the molecule is CCc1cc(Br)ccc1S(=O)(=O)NC(C)c1cccc(OC)c1. The molecule has 0 aliphatic heterocycles. The standard InChI is InChI=1S/C17H20BrNO3S/c1-4-13-10-15(18)8-9-17(13)23(20,21)19-12(2)14-6-5-7-16(11-14)22-3/h5-12,19H,4H2,1-3H3. The van der Waals surface area contributed by atoms with Crippen LogP contribution in [0.5, 0.6) is 5.75 Å². The first-order valence-corrected chi connectivity index (χ1v) is 9.59. The van der Waals surface area contributed by atoms with Crippen molar-refractivity contribution in [3.05, 3.63) is 58.1 Å². The Hall–Kier alpha value is -1.37. The molecule has 1 N–H and O–H groups in total. The van der Waals surface area contributed by atoms with Crippen LogP contribution in [0, 0.1) is 0 Å². The minimum atomic E-state index is -3.60. The maximum absolute atomic E-state index is 12.7. The van der Waals surface area contributed by atoms with Gasteiger partial charge in [0.1, 0.15) is 5.75 Å². The van der Waals surface area contributed by atoms with Crippen molar-refractivity contribution in [1.29, 1.82) is 0 Å². The van der Waals surface area contributed by atoms with Crippen LogP contribution in [0.25, 0.3) is 0 Å². The van der Waals surface area contributed by atoms with Gasteiger partial charge in [0.25, 0.3) is 0 Å². The average Bonchev–Trinajstić information content (AvgIpc) is 2.54. The van der Waals surface area contributed by atoms with Gasteiger partial charge in [0.2, 0.25) is 10.0 Å². The maximum atomic E-state index is 12.7. The van der Waals surface area contributed by atoms with Crippen LogP contribution < -0.4 is 9.46 Å². The second-order valence-corrected chi connectivity index (χ2v) is 7.82. The fourth-order valence-electron chi connectivity index (χ4n) is 2.36. The molecule has 0 radical (unpaired) electrons. The highest BCUT2D eigenvalue weighted by molar-refractivity contribution is 9.10. The third-order valence-corrected chi connectivity index (χ3v) is 5.75. The molecule has 0 aliphatic carbocycles. The molecule has 0 bridgehead atoms. The van der Waals surface area contributed by atoms with Gasteiger partial charge in [0.05, 0.1) is 12.0 Å². The van der Waals surface area contributed by atoms with E-state index in [-0.39, 0.29) is 6.04 Å². The molecule has 0 aromatic heterocycles. The van der Waals surface area contributed by atoms with Crippen molar-refractivity contribution in [2.24, 2.45) is 0 Å². The number of halogens is 1. The number of aryl methyl sites for hydroxylation is 1. The summed E-state index contributed by atoms with van der Waals surface area (Å²) in [6, 6.07) is 12.2. The summed E-state index contributed by atoms with van der Waals surface area (Å²) in [5.74, 6) is 0.700. The van der Waals surface area contributed by atoms with Crippen LogP contribution in [0.1, 0.15) is 31.0 Å². The first-order chi connectivity index (χ1) is 10.9. The molecule has 0 spiro atoms. The number of sulfonamides is 1. The molecule has 1 unspecified atom stereocenters. The van der Waals surface area contributed by atoms with Gasteiger partial charge in [0, 0.05) is 10.5 Å². The number of methoxy groups -OCH3 is 1. The lowest BCUT2D eigenvalue weighted by molar-refractivity contribution is 0.413. The molecule has 0 aliphatic rings. The van der Waals surface area contributed by atoms with Gasteiger partial charge in [-0.05, 0) is 54.8 Å². The number of hydrogen-bond acceptors (Lipinski definition) is 3. The van der Waals surface area contributed by atoms with Crippen molar-refractivity contribution in [2.75, 3.05) is 7.11 Å². The van der Waals surface area contributed by atoms with Gasteiger partial charge in [-0.1, -0.05) is 35.0 Å². The van der Waals surface area contributed by atoms with Crippen LogP contribution in [-0.2, 0) is 16.4 Å².